The maximum absolute atomic E-state index is 9.04. The molecule has 0 radical (unpaired) electrons. The van der Waals surface area contributed by atoms with E-state index in [1.54, 1.807) is 6.07 Å². The van der Waals surface area contributed by atoms with Crippen molar-refractivity contribution in [2.75, 3.05) is 5.73 Å². The van der Waals surface area contributed by atoms with Crippen molar-refractivity contribution in [2.45, 2.75) is 13.3 Å². The standard InChI is InChI=1S/C12H11ClN4/c1-2-10-8(7-14)12(15)17(16-10)11-6-4-3-5-9(11)13/h3-6H,2,15H2,1H3. The number of nitrogen functional groups attached to an aromatic ring is 1. The average Bonchev–Trinajstić information content (AvgIpc) is 2.66. The van der Waals surface area contributed by atoms with Gasteiger partial charge in [-0.1, -0.05) is 30.7 Å². The molecule has 0 bridgehead atoms. The van der Waals surface area contributed by atoms with Gasteiger partial charge >= 0.3 is 0 Å². The predicted octanol–water partition coefficient (Wildman–Crippen LogP) is 2.54. The maximum atomic E-state index is 9.04. The Balaban J connectivity index is 2.66. The summed E-state index contributed by atoms with van der Waals surface area (Å²) in [5, 5.41) is 13.9. The smallest absolute Gasteiger partial charge is 0.145 e. The van der Waals surface area contributed by atoms with Crippen molar-refractivity contribution in [2.24, 2.45) is 0 Å². The molecule has 0 aliphatic rings. The third-order valence-electron chi connectivity index (χ3n) is 2.52. The topological polar surface area (TPSA) is 67.6 Å². The van der Waals surface area contributed by atoms with E-state index in [-0.39, 0.29) is 0 Å². The van der Waals surface area contributed by atoms with E-state index in [0.717, 1.165) is 0 Å². The first-order valence-corrected chi connectivity index (χ1v) is 5.59. The maximum Gasteiger partial charge on any atom is 0.145 e. The highest BCUT2D eigenvalue weighted by atomic mass is 35.5. The second-order valence-corrected chi connectivity index (χ2v) is 3.94. The lowest BCUT2D eigenvalue weighted by molar-refractivity contribution is 0.849. The first kappa shape index (κ1) is 11.5. The Kier molecular flexibility index (Phi) is 3.03. The number of anilines is 1. The summed E-state index contributed by atoms with van der Waals surface area (Å²) in [4.78, 5) is 0. The summed E-state index contributed by atoms with van der Waals surface area (Å²) in [6, 6.07) is 9.32. The number of aromatic nitrogens is 2. The van der Waals surface area contributed by atoms with Crippen molar-refractivity contribution < 1.29 is 0 Å². The largest absolute Gasteiger partial charge is 0.382 e. The van der Waals surface area contributed by atoms with Crippen LogP contribution >= 0.6 is 11.6 Å². The summed E-state index contributed by atoms with van der Waals surface area (Å²) < 4.78 is 1.51. The second-order valence-electron chi connectivity index (χ2n) is 3.54. The highest BCUT2D eigenvalue weighted by Gasteiger charge is 2.16. The summed E-state index contributed by atoms with van der Waals surface area (Å²) in [5.41, 5.74) is 7.70. The van der Waals surface area contributed by atoms with Gasteiger partial charge < -0.3 is 5.73 Å². The van der Waals surface area contributed by atoms with E-state index in [0.29, 0.717) is 34.2 Å². The van der Waals surface area contributed by atoms with Crippen LogP contribution in [0.2, 0.25) is 5.02 Å². The average molecular weight is 247 g/mol. The fourth-order valence-corrected chi connectivity index (χ4v) is 1.87. The van der Waals surface area contributed by atoms with Gasteiger partial charge in [-0.25, -0.2) is 4.68 Å². The van der Waals surface area contributed by atoms with Crippen molar-refractivity contribution in [3.05, 3.63) is 40.5 Å². The van der Waals surface area contributed by atoms with E-state index in [2.05, 4.69) is 11.2 Å². The van der Waals surface area contributed by atoms with Gasteiger partial charge in [0.15, 0.2) is 0 Å². The normalized spacial score (nSPS) is 10.2. The Bertz CT molecular complexity index is 595. The van der Waals surface area contributed by atoms with Gasteiger partial charge in [-0.05, 0) is 18.6 Å². The number of nitrogens with two attached hydrogens (primary N) is 1. The fraction of sp³-hybridized carbons (Fsp3) is 0.167. The Morgan fingerprint density at radius 3 is 2.71 bits per heavy atom. The molecule has 2 N–H and O–H groups in total. The molecular formula is C12H11ClN4. The number of rotatable bonds is 2. The lowest BCUT2D eigenvalue weighted by Gasteiger charge is -2.05. The summed E-state index contributed by atoms with van der Waals surface area (Å²) >= 11 is 6.08. The van der Waals surface area contributed by atoms with Crippen LogP contribution in [-0.4, -0.2) is 9.78 Å². The number of hydrogen-bond acceptors (Lipinski definition) is 3. The number of nitrogens with zero attached hydrogens (tertiary/aromatic N) is 3. The van der Waals surface area contributed by atoms with Gasteiger partial charge in [-0.3, -0.25) is 0 Å². The van der Waals surface area contributed by atoms with Gasteiger partial charge in [0, 0.05) is 0 Å². The van der Waals surface area contributed by atoms with Crippen LogP contribution in [0.15, 0.2) is 24.3 Å². The van der Waals surface area contributed by atoms with E-state index < -0.39 is 0 Å². The number of benzene rings is 1. The minimum atomic E-state index is 0.331. The predicted molar refractivity (Wildman–Crippen MR) is 67.1 cm³/mol. The Hall–Kier alpha value is -1.99. The molecule has 1 aromatic heterocycles. The first-order valence-electron chi connectivity index (χ1n) is 5.21. The molecule has 86 valence electrons. The second kappa shape index (κ2) is 4.48. The quantitative estimate of drug-likeness (QED) is 0.885. The number of hydrogen-bond donors (Lipinski definition) is 1. The van der Waals surface area contributed by atoms with E-state index >= 15 is 0 Å². The monoisotopic (exact) mass is 246 g/mol. The Morgan fingerprint density at radius 2 is 2.18 bits per heavy atom. The van der Waals surface area contributed by atoms with Gasteiger partial charge in [0.25, 0.3) is 0 Å². The fourth-order valence-electron chi connectivity index (χ4n) is 1.65. The third kappa shape index (κ3) is 1.85. The van der Waals surface area contributed by atoms with Crippen molar-refractivity contribution in [1.29, 1.82) is 5.26 Å². The number of aryl methyl sites for hydroxylation is 1. The molecule has 17 heavy (non-hydrogen) atoms. The zero-order chi connectivity index (χ0) is 12.4. The highest BCUT2D eigenvalue weighted by molar-refractivity contribution is 6.32. The molecule has 0 amide bonds. The molecule has 0 fully saturated rings. The zero-order valence-corrected chi connectivity index (χ0v) is 10.1. The SMILES string of the molecule is CCc1nn(-c2ccccc2Cl)c(N)c1C#N. The van der Waals surface area contributed by atoms with Crippen molar-refractivity contribution >= 4 is 17.4 Å². The van der Waals surface area contributed by atoms with Gasteiger partial charge in [0.1, 0.15) is 17.5 Å². The van der Waals surface area contributed by atoms with E-state index in [1.165, 1.54) is 4.68 Å². The zero-order valence-electron chi connectivity index (χ0n) is 9.31. The Labute approximate surface area is 104 Å². The molecule has 2 rings (SSSR count). The molecule has 0 aliphatic heterocycles. The molecule has 1 aromatic carbocycles. The molecule has 0 saturated carbocycles. The summed E-state index contributed by atoms with van der Waals surface area (Å²) in [6.07, 6.45) is 0.657. The van der Waals surface area contributed by atoms with Crippen LogP contribution in [0.3, 0.4) is 0 Å². The molecule has 0 unspecified atom stereocenters. The molecule has 4 nitrogen and oxygen atoms in total. The first-order chi connectivity index (χ1) is 8.19. The van der Waals surface area contributed by atoms with Crippen LogP contribution in [-0.2, 0) is 6.42 Å². The van der Waals surface area contributed by atoms with E-state index in [4.69, 9.17) is 22.6 Å². The third-order valence-corrected chi connectivity index (χ3v) is 2.84. The molecule has 0 spiro atoms. The molecule has 0 aliphatic carbocycles. The molecule has 2 aromatic rings. The van der Waals surface area contributed by atoms with Crippen molar-refractivity contribution in [3.8, 4) is 11.8 Å². The lowest BCUT2D eigenvalue weighted by atomic mass is 10.2. The summed E-state index contributed by atoms with van der Waals surface area (Å²) in [6.45, 7) is 1.93. The number of nitriles is 1. The van der Waals surface area contributed by atoms with Gasteiger partial charge in [-0.15, -0.1) is 0 Å². The van der Waals surface area contributed by atoms with Gasteiger partial charge in [-0.2, -0.15) is 10.4 Å². The van der Waals surface area contributed by atoms with Crippen LogP contribution < -0.4 is 5.73 Å². The van der Waals surface area contributed by atoms with Crippen LogP contribution in [0.5, 0.6) is 0 Å². The van der Waals surface area contributed by atoms with Crippen molar-refractivity contribution in [3.63, 3.8) is 0 Å². The minimum Gasteiger partial charge on any atom is -0.382 e. The molecule has 5 heteroatoms. The lowest BCUT2D eigenvalue weighted by Crippen LogP contribution is -2.03. The van der Waals surface area contributed by atoms with Crippen molar-refractivity contribution in [1.82, 2.24) is 9.78 Å². The molecular weight excluding hydrogens is 236 g/mol. The molecule has 0 saturated heterocycles. The Morgan fingerprint density at radius 1 is 1.47 bits per heavy atom. The van der Waals surface area contributed by atoms with Crippen LogP contribution in [0.1, 0.15) is 18.2 Å². The van der Waals surface area contributed by atoms with Gasteiger partial charge in [0.05, 0.1) is 16.4 Å². The van der Waals surface area contributed by atoms with Gasteiger partial charge in [0.2, 0.25) is 0 Å². The number of halogens is 1. The summed E-state index contributed by atoms with van der Waals surface area (Å²) in [7, 11) is 0. The highest BCUT2D eigenvalue weighted by Crippen LogP contribution is 2.25. The van der Waals surface area contributed by atoms with Crippen LogP contribution in [0.25, 0.3) is 5.69 Å². The van der Waals surface area contributed by atoms with E-state index in [1.807, 2.05) is 25.1 Å². The molecule has 0 atom stereocenters. The van der Waals surface area contributed by atoms with E-state index in [9.17, 15) is 0 Å². The minimum absolute atomic E-state index is 0.331. The summed E-state index contributed by atoms with van der Waals surface area (Å²) in [5.74, 6) is 0.331. The number of para-hydroxylation sites is 1. The van der Waals surface area contributed by atoms with Crippen LogP contribution in [0, 0.1) is 11.3 Å². The molecule has 1 heterocycles. The van der Waals surface area contributed by atoms with Crippen LogP contribution in [0.4, 0.5) is 5.82 Å².